The molecule has 0 saturated carbocycles. The summed E-state index contributed by atoms with van der Waals surface area (Å²) in [5.74, 6) is -2.04. The minimum atomic E-state index is -1.29. The smallest absolute Gasteiger partial charge is 0.254 e. The Hall–Kier alpha value is -2.32. The molecule has 3 aromatic rings. The van der Waals surface area contributed by atoms with Gasteiger partial charge >= 0.3 is 0 Å². The number of benzene rings is 2. The van der Waals surface area contributed by atoms with E-state index in [2.05, 4.69) is 10.3 Å². The van der Waals surface area contributed by atoms with Gasteiger partial charge in [0.25, 0.3) is 5.91 Å². The van der Waals surface area contributed by atoms with E-state index in [9.17, 15) is 23.8 Å². The molecule has 2 saturated heterocycles. The highest BCUT2D eigenvalue weighted by molar-refractivity contribution is 8.00. The molecule has 208 valence electrons. The van der Waals surface area contributed by atoms with Crippen LogP contribution in [0.3, 0.4) is 0 Å². The third-order valence-corrected chi connectivity index (χ3v) is 8.55. The number of amides is 1. The molecule has 1 aromatic heterocycles. The number of carbonyl (C=O) groups excluding carboxylic acids is 1. The second-order valence-electron chi connectivity index (χ2n) is 9.15. The minimum absolute atomic E-state index is 0.0916. The first kappa shape index (κ1) is 28.2. The lowest BCUT2D eigenvalue weighted by Gasteiger charge is -2.43. The fourth-order valence-corrected chi connectivity index (χ4v) is 6.23. The van der Waals surface area contributed by atoms with Crippen LogP contribution >= 0.6 is 35.0 Å². The maximum absolute atomic E-state index is 14.0. The highest BCUT2D eigenvalue weighted by atomic mass is 35.5. The van der Waals surface area contributed by atoms with Crippen LogP contribution in [0.1, 0.15) is 22.8 Å². The number of aliphatic hydroxyl groups is 2. The number of halogens is 4. The summed E-state index contributed by atoms with van der Waals surface area (Å²) >= 11 is 13.0. The van der Waals surface area contributed by atoms with E-state index in [0.29, 0.717) is 28.6 Å². The van der Waals surface area contributed by atoms with Gasteiger partial charge in [-0.05, 0) is 36.8 Å². The number of methoxy groups -OCH3 is 1. The fraction of sp³-hybridized carbons (Fsp3) is 0.400. The lowest BCUT2D eigenvalue weighted by atomic mass is 9.97. The quantitative estimate of drug-likeness (QED) is 0.394. The normalized spacial score (nSPS) is 25.0. The van der Waals surface area contributed by atoms with E-state index in [4.69, 9.17) is 32.7 Å². The molecule has 2 aromatic carbocycles. The van der Waals surface area contributed by atoms with Crippen LogP contribution in [0.5, 0.6) is 0 Å². The first-order chi connectivity index (χ1) is 18.7. The maximum atomic E-state index is 14.0. The Balaban J connectivity index is 1.47. The van der Waals surface area contributed by atoms with Crippen LogP contribution in [0, 0.1) is 11.6 Å². The summed E-state index contributed by atoms with van der Waals surface area (Å²) in [4.78, 5) is 15.3. The number of thioether (sulfide) groups is 1. The predicted molar refractivity (Wildman–Crippen MR) is 140 cm³/mol. The Labute approximate surface area is 236 Å². The van der Waals surface area contributed by atoms with Crippen LogP contribution in [0.2, 0.25) is 10.0 Å². The van der Waals surface area contributed by atoms with Gasteiger partial charge in [0.15, 0.2) is 0 Å². The number of hydrogen-bond acceptors (Lipinski definition) is 8. The lowest BCUT2D eigenvalue weighted by molar-refractivity contribution is -0.186. The molecule has 3 heterocycles. The van der Waals surface area contributed by atoms with Gasteiger partial charge < -0.3 is 24.6 Å². The van der Waals surface area contributed by atoms with Crippen LogP contribution in [-0.4, -0.2) is 86.6 Å². The topological polar surface area (TPSA) is 110 Å². The Bertz CT molecular complexity index is 1350. The second kappa shape index (κ2) is 11.7. The van der Waals surface area contributed by atoms with Gasteiger partial charge in [-0.2, -0.15) is 0 Å². The summed E-state index contributed by atoms with van der Waals surface area (Å²) in [5, 5.41) is 28.9. The number of likely N-dealkylation sites (tertiary alicyclic amines) is 1. The molecule has 3 unspecified atom stereocenters. The zero-order chi connectivity index (χ0) is 27.8. The van der Waals surface area contributed by atoms with Crippen LogP contribution in [0.25, 0.3) is 11.3 Å². The summed E-state index contributed by atoms with van der Waals surface area (Å²) in [6.45, 7) is 0.821. The largest absolute Gasteiger partial charge is 0.394 e. The van der Waals surface area contributed by atoms with Crippen molar-refractivity contribution in [2.45, 2.75) is 41.1 Å². The molecule has 0 spiro atoms. The highest BCUT2D eigenvalue weighted by Crippen LogP contribution is 2.41. The summed E-state index contributed by atoms with van der Waals surface area (Å²) < 4.78 is 41.2. The first-order valence-electron chi connectivity index (χ1n) is 12.0. The number of rotatable bonds is 7. The van der Waals surface area contributed by atoms with Gasteiger partial charge in [-0.15, -0.1) is 5.10 Å². The standard InChI is InChI=1S/C25H24Cl2F2N4O5S/c1-37-23-21(33-10-17(30-31-33)12-7-15(28)20(27)16(29)8-12)22(35)18(11-34)38-25(23)39-19-9-13(26)3-4-14(19)24(36)32-5-2-6-32/h3-4,7-10,18,21-23,25,34-35H,2,5-6,11H2,1H3/t18?,21?,22-,23?,25+/m0/s1. The number of aromatic nitrogens is 3. The van der Waals surface area contributed by atoms with E-state index in [-0.39, 0.29) is 17.2 Å². The van der Waals surface area contributed by atoms with Gasteiger partial charge in [0.2, 0.25) is 0 Å². The van der Waals surface area contributed by atoms with Crippen molar-refractivity contribution in [2.75, 3.05) is 26.8 Å². The van der Waals surface area contributed by atoms with Gasteiger partial charge in [0, 0.05) is 35.7 Å². The molecule has 5 atom stereocenters. The van der Waals surface area contributed by atoms with Gasteiger partial charge in [0.05, 0.1) is 18.4 Å². The van der Waals surface area contributed by atoms with Crippen molar-refractivity contribution >= 4 is 40.9 Å². The molecule has 14 heteroatoms. The molecule has 0 bridgehead atoms. The Morgan fingerprint density at radius 2 is 1.95 bits per heavy atom. The Kier molecular flexibility index (Phi) is 8.43. The third-order valence-electron chi connectivity index (χ3n) is 6.75. The van der Waals surface area contributed by atoms with Crippen molar-refractivity contribution in [2.24, 2.45) is 0 Å². The number of ether oxygens (including phenoxy) is 2. The second-order valence-corrected chi connectivity index (χ2v) is 11.1. The van der Waals surface area contributed by atoms with E-state index in [1.807, 2.05) is 0 Å². The average Bonchev–Trinajstić information content (AvgIpc) is 3.36. The molecule has 2 N–H and O–H groups in total. The average molecular weight is 601 g/mol. The van der Waals surface area contributed by atoms with Gasteiger partial charge in [-0.3, -0.25) is 4.79 Å². The maximum Gasteiger partial charge on any atom is 0.254 e. The van der Waals surface area contributed by atoms with E-state index in [0.717, 1.165) is 18.6 Å². The van der Waals surface area contributed by atoms with E-state index >= 15 is 0 Å². The lowest BCUT2D eigenvalue weighted by Crippen LogP contribution is -2.55. The number of nitrogens with zero attached hydrogens (tertiary/aromatic N) is 4. The van der Waals surface area contributed by atoms with Crippen LogP contribution in [0.15, 0.2) is 41.4 Å². The molecular weight excluding hydrogens is 577 g/mol. The fourth-order valence-electron chi connectivity index (χ4n) is 4.55. The van der Waals surface area contributed by atoms with Crippen molar-refractivity contribution in [3.8, 4) is 11.3 Å². The summed E-state index contributed by atoms with van der Waals surface area (Å²) in [6.07, 6.45) is -0.835. The zero-order valence-corrected chi connectivity index (χ0v) is 22.8. The molecule has 2 aliphatic rings. The molecule has 9 nitrogen and oxygen atoms in total. The minimum Gasteiger partial charge on any atom is -0.394 e. The first-order valence-corrected chi connectivity index (χ1v) is 13.6. The van der Waals surface area contributed by atoms with Crippen molar-refractivity contribution in [1.82, 2.24) is 19.9 Å². The summed E-state index contributed by atoms with van der Waals surface area (Å²) in [7, 11) is 1.42. The summed E-state index contributed by atoms with van der Waals surface area (Å²) in [6, 6.07) is 6.07. The number of hydrogen-bond donors (Lipinski definition) is 2. The van der Waals surface area contributed by atoms with Crippen molar-refractivity contribution < 1.29 is 33.3 Å². The van der Waals surface area contributed by atoms with Crippen LogP contribution in [0.4, 0.5) is 8.78 Å². The summed E-state index contributed by atoms with van der Waals surface area (Å²) in [5.41, 5.74) is -0.158. The van der Waals surface area contributed by atoms with E-state index in [1.165, 1.54) is 29.8 Å². The zero-order valence-electron chi connectivity index (χ0n) is 20.5. The SMILES string of the molecule is COC1C(n2cc(-c3cc(F)c(Cl)c(F)c3)nn2)[C@@H](O)C(CO)O[C@@H]1Sc1cc(Cl)ccc1C(=O)N1CCC1. The van der Waals surface area contributed by atoms with Gasteiger partial charge in [-0.25, -0.2) is 13.5 Å². The highest BCUT2D eigenvalue weighted by Gasteiger charge is 2.48. The molecule has 1 amide bonds. The van der Waals surface area contributed by atoms with E-state index in [1.54, 1.807) is 23.1 Å². The van der Waals surface area contributed by atoms with Crippen LogP contribution in [-0.2, 0) is 9.47 Å². The molecular formula is C25H24Cl2F2N4O5S. The monoisotopic (exact) mass is 600 g/mol. The van der Waals surface area contributed by atoms with E-state index < -0.39 is 53.1 Å². The number of carbonyl (C=O) groups is 1. The molecule has 2 fully saturated rings. The van der Waals surface area contributed by atoms with Gasteiger partial charge in [-0.1, -0.05) is 40.2 Å². The number of aliphatic hydroxyl groups excluding tert-OH is 2. The molecule has 39 heavy (non-hydrogen) atoms. The molecule has 2 aliphatic heterocycles. The molecule has 0 radical (unpaired) electrons. The van der Waals surface area contributed by atoms with Crippen molar-refractivity contribution in [3.05, 3.63) is 63.8 Å². The van der Waals surface area contributed by atoms with Crippen molar-refractivity contribution in [3.63, 3.8) is 0 Å². The van der Waals surface area contributed by atoms with Crippen molar-refractivity contribution in [1.29, 1.82) is 0 Å². The third kappa shape index (κ3) is 5.51. The molecule has 5 rings (SSSR count). The van der Waals surface area contributed by atoms with Gasteiger partial charge in [0.1, 0.15) is 52.1 Å². The predicted octanol–water partition coefficient (Wildman–Crippen LogP) is 3.80. The Morgan fingerprint density at radius 3 is 2.56 bits per heavy atom. The Morgan fingerprint density at radius 1 is 1.23 bits per heavy atom. The molecule has 0 aliphatic carbocycles. The van der Waals surface area contributed by atoms with Crippen LogP contribution < -0.4 is 0 Å².